The summed E-state index contributed by atoms with van der Waals surface area (Å²) in [7, 11) is 0. The van der Waals surface area contributed by atoms with Gasteiger partial charge in [-0.25, -0.2) is 0 Å². The molecule has 0 aromatic heterocycles. The highest BCUT2D eigenvalue weighted by Crippen LogP contribution is 2.27. The summed E-state index contributed by atoms with van der Waals surface area (Å²) in [5.41, 5.74) is 2.32. The van der Waals surface area contributed by atoms with E-state index in [0.29, 0.717) is 12.8 Å². The monoisotopic (exact) mass is 335 g/mol. The van der Waals surface area contributed by atoms with Gasteiger partial charge < -0.3 is 5.11 Å². The topological polar surface area (TPSA) is 23.5 Å². The molecule has 0 radical (unpaired) electrons. The molecule has 1 saturated heterocycles. The molecule has 0 unspecified atom stereocenters. The van der Waals surface area contributed by atoms with Gasteiger partial charge in [-0.15, -0.1) is 0 Å². The maximum absolute atomic E-state index is 11.6. The van der Waals surface area contributed by atoms with Gasteiger partial charge >= 0.3 is 0 Å². The Bertz CT molecular complexity index is 618. The van der Waals surface area contributed by atoms with E-state index in [4.69, 9.17) is 0 Å². The molecule has 0 bridgehead atoms. The van der Waals surface area contributed by atoms with Crippen molar-refractivity contribution in [1.29, 1.82) is 0 Å². The van der Waals surface area contributed by atoms with E-state index in [1.165, 1.54) is 19.3 Å². The molecule has 0 spiro atoms. The SMILES string of the molecule is C=C(CN1CCCCC1)C(O)(Cc1ccccc1)Cc1ccccc1. The highest BCUT2D eigenvalue weighted by atomic mass is 16.3. The van der Waals surface area contributed by atoms with Crippen LogP contribution in [-0.4, -0.2) is 35.2 Å². The lowest BCUT2D eigenvalue weighted by atomic mass is 9.82. The summed E-state index contributed by atoms with van der Waals surface area (Å²) in [5.74, 6) is 0. The molecular weight excluding hydrogens is 306 g/mol. The van der Waals surface area contributed by atoms with Crippen molar-refractivity contribution < 1.29 is 5.11 Å². The van der Waals surface area contributed by atoms with Gasteiger partial charge in [-0.2, -0.15) is 0 Å². The minimum atomic E-state index is -0.917. The predicted octanol–water partition coefficient (Wildman–Crippen LogP) is 4.25. The summed E-state index contributed by atoms with van der Waals surface area (Å²) in [5, 5.41) is 11.6. The summed E-state index contributed by atoms with van der Waals surface area (Å²) >= 11 is 0. The Morgan fingerprint density at radius 1 is 0.840 bits per heavy atom. The zero-order valence-electron chi connectivity index (χ0n) is 15.0. The van der Waals surface area contributed by atoms with Crippen molar-refractivity contribution in [3.63, 3.8) is 0 Å². The van der Waals surface area contributed by atoms with Crippen molar-refractivity contribution in [2.45, 2.75) is 37.7 Å². The molecule has 1 aliphatic heterocycles. The molecule has 1 aliphatic rings. The molecule has 1 fully saturated rings. The fourth-order valence-corrected chi connectivity index (χ4v) is 3.71. The summed E-state index contributed by atoms with van der Waals surface area (Å²) in [6.07, 6.45) is 5.04. The minimum Gasteiger partial charge on any atom is -0.385 e. The van der Waals surface area contributed by atoms with Crippen LogP contribution in [0.4, 0.5) is 0 Å². The molecular formula is C23H29NO. The molecule has 2 aromatic carbocycles. The van der Waals surface area contributed by atoms with Gasteiger partial charge in [0.1, 0.15) is 0 Å². The molecule has 0 aliphatic carbocycles. The van der Waals surface area contributed by atoms with Gasteiger partial charge in [0.25, 0.3) is 0 Å². The first-order chi connectivity index (χ1) is 12.2. The highest BCUT2D eigenvalue weighted by molar-refractivity contribution is 5.28. The number of rotatable bonds is 7. The first-order valence-electron chi connectivity index (χ1n) is 9.36. The van der Waals surface area contributed by atoms with Crippen LogP contribution < -0.4 is 0 Å². The van der Waals surface area contributed by atoms with E-state index in [9.17, 15) is 5.11 Å². The van der Waals surface area contributed by atoms with Crippen molar-refractivity contribution in [2.75, 3.05) is 19.6 Å². The molecule has 25 heavy (non-hydrogen) atoms. The van der Waals surface area contributed by atoms with Crippen molar-refractivity contribution in [3.8, 4) is 0 Å². The second-order valence-electron chi connectivity index (χ2n) is 7.30. The van der Waals surface area contributed by atoms with Crippen LogP contribution in [0.3, 0.4) is 0 Å². The average Bonchev–Trinajstić information content (AvgIpc) is 2.64. The normalized spacial score (nSPS) is 15.9. The molecule has 0 saturated carbocycles. The Hall–Kier alpha value is -1.90. The second kappa shape index (κ2) is 8.46. The molecule has 3 rings (SSSR count). The van der Waals surface area contributed by atoms with Crippen LogP contribution in [-0.2, 0) is 12.8 Å². The Morgan fingerprint density at radius 2 is 1.32 bits per heavy atom. The maximum Gasteiger partial charge on any atom is 0.0946 e. The smallest absolute Gasteiger partial charge is 0.0946 e. The summed E-state index contributed by atoms with van der Waals surface area (Å²) in [6.45, 7) is 7.34. The van der Waals surface area contributed by atoms with Crippen LogP contribution in [0, 0.1) is 0 Å². The first-order valence-corrected chi connectivity index (χ1v) is 9.36. The number of likely N-dealkylation sites (tertiary alicyclic amines) is 1. The molecule has 132 valence electrons. The van der Waals surface area contributed by atoms with E-state index >= 15 is 0 Å². The predicted molar refractivity (Wildman–Crippen MR) is 105 cm³/mol. The summed E-state index contributed by atoms with van der Waals surface area (Å²) in [6, 6.07) is 20.5. The van der Waals surface area contributed by atoms with Gasteiger partial charge in [0.05, 0.1) is 5.60 Å². The number of hydrogen-bond donors (Lipinski definition) is 1. The number of piperidine rings is 1. The fraction of sp³-hybridized carbons (Fsp3) is 0.391. The molecule has 2 nitrogen and oxygen atoms in total. The van der Waals surface area contributed by atoms with Crippen molar-refractivity contribution in [2.24, 2.45) is 0 Å². The molecule has 2 aromatic rings. The van der Waals surface area contributed by atoms with Gasteiger partial charge in [0.2, 0.25) is 0 Å². The third-order valence-electron chi connectivity index (χ3n) is 5.20. The Kier molecular flexibility index (Phi) is 6.06. The lowest BCUT2D eigenvalue weighted by molar-refractivity contribution is 0.0686. The number of aliphatic hydroxyl groups is 1. The first kappa shape index (κ1) is 17.9. The zero-order valence-corrected chi connectivity index (χ0v) is 15.0. The molecule has 2 heteroatoms. The molecule has 1 heterocycles. The second-order valence-corrected chi connectivity index (χ2v) is 7.30. The highest BCUT2D eigenvalue weighted by Gasteiger charge is 2.32. The molecule has 0 amide bonds. The standard InChI is InChI=1S/C23H29NO/c1-20(19-24-15-9-4-10-16-24)23(25,17-21-11-5-2-6-12-21)18-22-13-7-3-8-14-22/h2-3,5-8,11-14,25H,1,4,9-10,15-19H2. The van der Waals surface area contributed by atoms with Crippen LogP contribution in [0.25, 0.3) is 0 Å². The van der Waals surface area contributed by atoms with Crippen LogP contribution in [0.15, 0.2) is 72.8 Å². The van der Waals surface area contributed by atoms with Gasteiger partial charge in [0, 0.05) is 19.4 Å². The van der Waals surface area contributed by atoms with Crippen molar-refractivity contribution in [1.82, 2.24) is 4.90 Å². The van der Waals surface area contributed by atoms with Crippen LogP contribution in [0.2, 0.25) is 0 Å². The maximum atomic E-state index is 11.6. The van der Waals surface area contributed by atoms with Gasteiger partial charge in [-0.05, 0) is 42.6 Å². The summed E-state index contributed by atoms with van der Waals surface area (Å²) < 4.78 is 0. The Labute approximate surface area is 151 Å². The van der Waals surface area contributed by atoms with Gasteiger partial charge in [-0.1, -0.05) is 73.7 Å². The lowest BCUT2D eigenvalue weighted by Gasteiger charge is -2.35. The van der Waals surface area contributed by atoms with Crippen LogP contribution in [0.5, 0.6) is 0 Å². The Morgan fingerprint density at radius 3 is 1.80 bits per heavy atom. The largest absolute Gasteiger partial charge is 0.385 e. The average molecular weight is 335 g/mol. The van der Waals surface area contributed by atoms with Crippen LogP contribution >= 0.6 is 0 Å². The van der Waals surface area contributed by atoms with Gasteiger partial charge in [0.15, 0.2) is 0 Å². The van der Waals surface area contributed by atoms with E-state index in [1.54, 1.807) is 0 Å². The zero-order chi connectivity index (χ0) is 17.5. The van der Waals surface area contributed by atoms with Gasteiger partial charge in [-0.3, -0.25) is 4.90 Å². The van der Waals surface area contributed by atoms with Crippen molar-refractivity contribution in [3.05, 3.63) is 83.9 Å². The van der Waals surface area contributed by atoms with E-state index in [1.807, 2.05) is 36.4 Å². The van der Waals surface area contributed by atoms with Crippen LogP contribution in [0.1, 0.15) is 30.4 Å². The van der Waals surface area contributed by atoms with E-state index < -0.39 is 5.60 Å². The Balaban J connectivity index is 1.78. The molecule has 0 atom stereocenters. The minimum absolute atomic E-state index is 0.607. The lowest BCUT2D eigenvalue weighted by Crippen LogP contribution is -2.42. The quantitative estimate of drug-likeness (QED) is 0.765. The van der Waals surface area contributed by atoms with E-state index in [0.717, 1.165) is 36.3 Å². The third-order valence-corrected chi connectivity index (χ3v) is 5.20. The fourth-order valence-electron chi connectivity index (χ4n) is 3.71. The third kappa shape index (κ3) is 5.04. The summed E-state index contributed by atoms with van der Waals surface area (Å²) in [4.78, 5) is 2.44. The van der Waals surface area contributed by atoms with E-state index in [2.05, 4.69) is 35.7 Å². The number of hydrogen-bond acceptors (Lipinski definition) is 2. The number of benzene rings is 2. The number of nitrogens with zero attached hydrogens (tertiary/aromatic N) is 1. The van der Waals surface area contributed by atoms with E-state index in [-0.39, 0.29) is 0 Å². The van der Waals surface area contributed by atoms with Crippen molar-refractivity contribution >= 4 is 0 Å². The molecule has 1 N–H and O–H groups in total.